The van der Waals surface area contributed by atoms with Crippen molar-refractivity contribution in [3.8, 4) is 33.6 Å². The molecule has 232 valence electrons. The number of hydrogen-bond acceptors (Lipinski definition) is 3. The zero-order valence-corrected chi connectivity index (χ0v) is 26.6. The molecule has 0 saturated carbocycles. The first-order valence-electron chi connectivity index (χ1n) is 16.4. The van der Waals surface area contributed by atoms with Crippen LogP contribution in [0.5, 0.6) is 0 Å². The van der Waals surface area contributed by atoms with Gasteiger partial charge in [0.15, 0.2) is 0 Å². The molecule has 0 saturated heterocycles. The highest BCUT2D eigenvalue weighted by molar-refractivity contribution is 5.98. The molecule has 9 rings (SSSR count). The summed E-state index contributed by atoms with van der Waals surface area (Å²) < 4.78 is 4.32. The average molecular weight is 630 g/mol. The van der Waals surface area contributed by atoms with E-state index >= 15 is 0 Å². The minimum Gasteiger partial charge on any atom is -0.309 e. The Morgan fingerprint density at radius 1 is 0.388 bits per heavy atom. The van der Waals surface area contributed by atoms with Crippen LogP contribution >= 0.6 is 0 Å². The Hall–Kier alpha value is -6.72. The van der Waals surface area contributed by atoms with Crippen LogP contribution in [0.2, 0.25) is 0 Å². The molecule has 0 aliphatic carbocycles. The lowest BCUT2D eigenvalue weighted by molar-refractivity contribution is 1.08. The van der Waals surface area contributed by atoms with Crippen molar-refractivity contribution in [3.63, 3.8) is 0 Å². The molecule has 0 aliphatic rings. The highest BCUT2D eigenvalue weighted by Crippen LogP contribution is 2.47. The summed E-state index contributed by atoms with van der Waals surface area (Å²) in [5.74, 6) is 0. The summed E-state index contributed by atoms with van der Waals surface area (Å²) in [4.78, 5) is 11.8. The minimum absolute atomic E-state index is 0.964. The number of fused-ring (bicyclic) bond motifs is 2. The number of para-hydroxylation sites is 5. The molecular formula is C44H31N5. The highest BCUT2D eigenvalue weighted by atomic mass is 15.2. The van der Waals surface area contributed by atoms with Gasteiger partial charge in [0.25, 0.3) is 0 Å². The quantitative estimate of drug-likeness (QED) is 0.176. The second-order valence-electron chi connectivity index (χ2n) is 12.0. The van der Waals surface area contributed by atoms with Gasteiger partial charge in [-0.3, -0.25) is 9.13 Å². The van der Waals surface area contributed by atoms with E-state index in [1.54, 1.807) is 0 Å². The first-order chi connectivity index (χ1) is 24.3. The molecule has 2 heterocycles. The summed E-state index contributed by atoms with van der Waals surface area (Å²) in [5, 5.41) is 0. The summed E-state index contributed by atoms with van der Waals surface area (Å²) in [6.07, 6.45) is 3.82. The van der Waals surface area contributed by atoms with Gasteiger partial charge in [0.05, 0.1) is 27.8 Å². The van der Waals surface area contributed by atoms with Gasteiger partial charge in [-0.1, -0.05) is 115 Å². The van der Waals surface area contributed by atoms with Crippen molar-refractivity contribution in [2.24, 2.45) is 0 Å². The SMILES string of the molecule is c1ccc(-c2cccc(-c3ccccc3)c2N(c2cccc(-n3cnc4ccccc43)c2)c2cccc(-n3cnc4ccccc43)c2)cc1. The fourth-order valence-electron chi connectivity index (χ4n) is 6.79. The Labute approximate surface area is 284 Å². The molecule has 0 aliphatic heterocycles. The van der Waals surface area contributed by atoms with Crippen LogP contribution in [-0.2, 0) is 0 Å². The van der Waals surface area contributed by atoms with Crippen molar-refractivity contribution < 1.29 is 0 Å². The van der Waals surface area contributed by atoms with E-state index in [1.807, 2.05) is 24.8 Å². The molecule has 2 aromatic heterocycles. The topological polar surface area (TPSA) is 38.9 Å². The summed E-state index contributed by atoms with van der Waals surface area (Å²) in [6.45, 7) is 0. The molecule has 5 nitrogen and oxygen atoms in total. The lowest BCUT2D eigenvalue weighted by Gasteiger charge is -2.31. The zero-order valence-electron chi connectivity index (χ0n) is 26.6. The Balaban J connectivity index is 1.32. The van der Waals surface area contributed by atoms with Crippen LogP contribution < -0.4 is 4.90 Å². The lowest BCUT2D eigenvalue weighted by atomic mass is 9.94. The van der Waals surface area contributed by atoms with Gasteiger partial charge in [-0.2, -0.15) is 0 Å². The fourth-order valence-corrected chi connectivity index (χ4v) is 6.79. The van der Waals surface area contributed by atoms with Crippen molar-refractivity contribution in [2.75, 3.05) is 4.90 Å². The largest absolute Gasteiger partial charge is 0.309 e. The Bertz CT molecular complexity index is 2390. The van der Waals surface area contributed by atoms with Crippen molar-refractivity contribution in [2.45, 2.75) is 0 Å². The maximum atomic E-state index is 4.70. The van der Waals surface area contributed by atoms with E-state index < -0.39 is 0 Å². The first kappa shape index (κ1) is 28.5. The molecule has 0 radical (unpaired) electrons. The van der Waals surface area contributed by atoms with Gasteiger partial charge >= 0.3 is 0 Å². The second kappa shape index (κ2) is 12.1. The van der Waals surface area contributed by atoms with Crippen LogP contribution in [0.15, 0.2) is 189 Å². The maximum Gasteiger partial charge on any atom is 0.100 e. The van der Waals surface area contributed by atoms with Crippen LogP contribution in [0.1, 0.15) is 0 Å². The number of hydrogen-bond donors (Lipinski definition) is 0. The minimum atomic E-state index is 0.964. The molecule has 0 bridgehead atoms. The van der Waals surface area contributed by atoms with E-state index in [-0.39, 0.29) is 0 Å². The monoisotopic (exact) mass is 629 g/mol. The van der Waals surface area contributed by atoms with Crippen molar-refractivity contribution in [3.05, 3.63) is 189 Å². The van der Waals surface area contributed by atoms with E-state index in [1.165, 1.54) is 0 Å². The van der Waals surface area contributed by atoms with Gasteiger partial charge in [0.1, 0.15) is 12.7 Å². The van der Waals surface area contributed by atoms with Crippen LogP contribution in [-0.4, -0.2) is 19.1 Å². The van der Waals surface area contributed by atoms with E-state index in [0.717, 1.165) is 72.8 Å². The standard InChI is InChI=1S/C44H31N5/c1-3-14-32(15-4-1)38-22-13-23-39(33-16-5-2-6-17-33)44(38)49(36-20-11-18-34(28-36)47-30-45-40-24-7-9-26-42(40)47)37-21-12-19-35(29-37)48-31-46-41-25-8-10-27-43(41)48/h1-31H. The highest BCUT2D eigenvalue weighted by Gasteiger charge is 2.23. The van der Waals surface area contributed by atoms with Crippen molar-refractivity contribution >= 4 is 39.1 Å². The van der Waals surface area contributed by atoms with E-state index in [4.69, 9.17) is 9.97 Å². The van der Waals surface area contributed by atoms with Gasteiger partial charge in [0.2, 0.25) is 0 Å². The van der Waals surface area contributed by atoms with Gasteiger partial charge in [0, 0.05) is 33.9 Å². The van der Waals surface area contributed by atoms with Crippen LogP contribution in [0.4, 0.5) is 17.1 Å². The molecule has 0 atom stereocenters. The molecular weight excluding hydrogens is 599 g/mol. The number of benzene rings is 7. The van der Waals surface area contributed by atoms with Gasteiger partial charge in [-0.05, 0) is 71.8 Å². The Morgan fingerprint density at radius 2 is 0.816 bits per heavy atom. The molecule has 49 heavy (non-hydrogen) atoms. The maximum absolute atomic E-state index is 4.70. The Kier molecular flexibility index (Phi) is 7.06. The number of aromatic nitrogens is 4. The summed E-state index contributed by atoms with van der Waals surface area (Å²) in [6, 6.07) is 61.9. The zero-order chi connectivity index (χ0) is 32.6. The molecule has 7 aromatic carbocycles. The summed E-state index contributed by atoms with van der Waals surface area (Å²) >= 11 is 0. The van der Waals surface area contributed by atoms with E-state index in [9.17, 15) is 0 Å². The first-order valence-corrected chi connectivity index (χ1v) is 16.4. The molecule has 0 fully saturated rings. The molecule has 5 heteroatoms. The van der Waals surface area contributed by atoms with E-state index in [2.05, 4.69) is 178 Å². The van der Waals surface area contributed by atoms with Crippen molar-refractivity contribution in [1.82, 2.24) is 19.1 Å². The Morgan fingerprint density at radius 3 is 1.31 bits per heavy atom. The van der Waals surface area contributed by atoms with Crippen LogP contribution in [0.25, 0.3) is 55.7 Å². The number of nitrogens with zero attached hydrogens (tertiary/aromatic N) is 5. The third-order valence-electron chi connectivity index (χ3n) is 9.07. The third-order valence-corrected chi connectivity index (χ3v) is 9.07. The van der Waals surface area contributed by atoms with Crippen LogP contribution in [0.3, 0.4) is 0 Å². The summed E-state index contributed by atoms with van der Waals surface area (Å²) in [5.41, 5.74) is 13.9. The predicted molar refractivity (Wildman–Crippen MR) is 201 cm³/mol. The average Bonchev–Trinajstić information content (AvgIpc) is 3.81. The number of anilines is 3. The molecule has 0 spiro atoms. The molecule has 0 N–H and O–H groups in total. The normalized spacial score (nSPS) is 11.3. The van der Waals surface area contributed by atoms with Gasteiger partial charge in [-0.25, -0.2) is 9.97 Å². The van der Waals surface area contributed by atoms with Gasteiger partial charge in [-0.15, -0.1) is 0 Å². The second-order valence-corrected chi connectivity index (χ2v) is 12.0. The van der Waals surface area contributed by atoms with Gasteiger partial charge < -0.3 is 4.90 Å². The third kappa shape index (κ3) is 5.14. The van der Waals surface area contributed by atoms with Crippen molar-refractivity contribution in [1.29, 1.82) is 0 Å². The number of imidazole rings is 2. The van der Waals surface area contributed by atoms with E-state index in [0.29, 0.717) is 0 Å². The summed E-state index contributed by atoms with van der Waals surface area (Å²) in [7, 11) is 0. The molecule has 0 amide bonds. The molecule has 9 aromatic rings. The smallest absolute Gasteiger partial charge is 0.100 e. The molecule has 0 unspecified atom stereocenters. The number of rotatable bonds is 7. The fraction of sp³-hybridized carbons (Fsp3) is 0. The van der Waals surface area contributed by atoms with Crippen LogP contribution in [0, 0.1) is 0 Å². The lowest BCUT2D eigenvalue weighted by Crippen LogP contribution is -2.13. The predicted octanol–water partition coefficient (Wildman–Crippen LogP) is 11.2.